The van der Waals surface area contributed by atoms with Gasteiger partial charge in [0.05, 0.1) is 10.9 Å². The minimum absolute atomic E-state index is 0.640. The predicted molar refractivity (Wildman–Crippen MR) is 51.6 cm³/mol. The van der Waals surface area contributed by atoms with Crippen LogP contribution in [0, 0.1) is 0 Å². The minimum atomic E-state index is 0.640. The van der Waals surface area contributed by atoms with Crippen LogP contribution < -0.4 is 0 Å². The molecule has 0 N–H and O–H groups in total. The molecule has 1 saturated heterocycles. The second-order valence-electron chi connectivity index (χ2n) is 2.45. The van der Waals surface area contributed by atoms with E-state index in [1.807, 2.05) is 33.9 Å². The van der Waals surface area contributed by atoms with Crippen LogP contribution in [0.4, 0.5) is 0 Å². The van der Waals surface area contributed by atoms with Crippen LogP contribution in [0.25, 0.3) is 0 Å². The molecule has 1 aromatic rings. The van der Waals surface area contributed by atoms with Gasteiger partial charge in [-0.3, -0.25) is 4.98 Å². The summed E-state index contributed by atoms with van der Waals surface area (Å²) in [4.78, 5) is 4.33. The van der Waals surface area contributed by atoms with E-state index in [-0.39, 0.29) is 0 Å². The standard InChI is InChI=1S/C8H9NS2/c1-2-5-9-7(3-1)8-4-6-10-11-8/h1-3,5,8H,4,6H2. The summed E-state index contributed by atoms with van der Waals surface area (Å²) in [6, 6.07) is 6.14. The van der Waals surface area contributed by atoms with Gasteiger partial charge in [0.2, 0.25) is 0 Å². The van der Waals surface area contributed by atoms with Gasteiger partial charge in [0.25, 0.3) is 0 Å². The van der Waals surface area contributed by atoms with Crippen LogP contribution >= 0.6 is 21.6 Å². The Morgan fingerprint density at radius 3 is 3.09 bits per heavy atom. The van der Waals surface area contributed by atoms with Crippen LogP contribution in [0.15, 0.2) is 24.4 Å². The summed E-state index contributed by atoms with van der Waals surface area (Å²) < 4.78 is 0. The number of rotatable bonds is 1. The molecular formula is C8H9NS2. The van der Waals surface area contributed by atoms with Crippen molar-refractivity contribution in [3.8, 4) is 0 Å². The number of pyridine rings is 1. The van der Waals surface area contributed by atoms with Crippen molar-refractivity contribution in [2.24, 2.45) is 0 Å². The molecule has 1 unspecified atom stereocenters. The lowest BCUT2D eigenvalue weighted by molar-refractivity contribution is 0.883. The molecule has 1 aliphatic rings. The molecule has 11 heavy (non-hydrogen) atoms. The smallest absolute Gasteiger partial charge is 0.0582 e. The summed E-state index contributed by atoms with van der Waals surface area (Å²) >= 11 is 0. The van der Waals surface area contributed by atoms with Crippen LogP contribution in [0.5, 0.6) is 0 Å². The Bertz CT molecular complexity index is 219. The molecule has 1 aromatic heterocycles. The fourth-order valence-corrected chi connectivity index (χ4v) is 3.95. The van der Waals surface area contributed by atoms with Gasteiger partial charge in [0.15, 0.2) is 0 Å². The van der Waals surface area contributed by atoms with Crippen molar-refractivity contribution in [3.63, 3.8) is 0 Å². The quantitative estimate of drug-likeness (QED) is 0.621. The summed E-state index contributed by atoms with van der Waals surface area (Å²) in [5.74, 6) is 1.27. The van der Waals surface area contributed by atoms with Gasteiger partial charge in [0, 0.05) is 11.9 Å². The molecule has 0 spiro atoms. The Hall–Kier alpha value is -0.150. The molecular weight excluding hydrogens is 174 g/mol. The van der Waals surface area contributed by atoms with Crippen LogP contribution in [0.3, 0.4) is 0 Å². The second kappa shape index (κ2) is 3.50. The molecule has 0 aliphatic carbocycles. The Morgan fingerprint density at radius 2 is 2.45 bits per heavy atom. The van der Waals surface area contributed by atoms with E-state index >= 15 is 0 Å². The first-order valence-electron chi connectivity index (χ1n) is 3.66. The molecule has 1 fully saturated rings. The molecule has 2 heterocycles. The zero-order valence-corrected chi connectivity index (χ0v) is 7.70. The maximum atomic E-state index is 4.33. The number of hydrogen-bond acceptors (Lipinski definition) is 3. The Balaban J connectivity index is 2.16. The largest absolute Gasteiger partial charge is 0.260 e. The third kappa shape index (κ3) is 1.71. The van der Waals surface area contributed by atoms with E-state index in [1.54, 1.807) is 0 Å². The average molecular weight is 183 g/mol. The summed E-state index contributed by atoms with van der Waals surface area (Å²) in [5, 5.41) is 0.640. The van der Waals surface area contributed by atoms with Gasteiger partial charge in [0.1, 0.15) is 0 Å². The Labute approximate surface area is 74.4 Å². The maximum Gasteiger partial charge on any atom is 0.0582 e. The van der Waals surface area contributed by atoms with Crippen LogP contribution in [0.2, 0.25) is 0 Å². The van der Waals surface area contributed by atoms with Crippen LogP contribution in [0.1, 0.15) is 17.4 Å². The third-order valence-corrected chi connectivity index (χ3v) is 4.52. The SMILES string of the molecule is c1ccc(C2CCSS2)nc1. The zero-order valence-electron chi connectivity index (χ0n) is 6.06. The average Bonchev–Trinajstić information content (AvgIpc) is 2.58. The van der Waals surface area contributed by atoms with Crippen molar-refractivity contribution in [1.29, 1.82) is 0 Å². The lowest BCUT2D eigenvalue weighted by Gasteiger charge is -2.04. The van der Waals surface area contributed by atoms with E-state index in [1.165, 1.54) is 17.9 Å². The van der Waals surface area contributed by atoms with Crippen molar-refractivity contribution >= 4 is 21.6 Å². The molecule has 0 bridgehead atoms. The van der Waals surface area contributed by atoms with Crippen molar-refractivity contribution < 1.29 is 0 Å². The third-order valence-electron chi connectivity index (χ3n) is 1.67. The monoisotopic (exact) mass is 183 g/mol. The highest BCUT2D eigenvalue weighted by atomic mass is 33.1. The Kier molecular flexibility index (Phi) is 2.38. The van der Waals surface area contributed by atoms with Gasteiger partial charge in [-0.05, 0) is 18.6 Å². The molecule has 2 rings (SSSR count). The zero-order chi connectivity index (χ0) is 7.52. The van der Waals surface area contributed by atoms with E-state index in [4.69, 9.17) is 0 Å². The molecule has 58 valence electrons. The van der Waals surface area contributed by atoms with Crippen LogP contribution in [-0.4, -0.2) is 10.7 Å². The van der Waals surface area contributed by atoms with E-state index < -0.39 is 0 Å². The maximum absolute atomic E-state index is 4.33. The van der Waals surface area contributed by atoms with Crippen LogP contribution in [-0.2, 0) is 0 Å². The van der Waals surface area contributed by atoms with Gasteiger partial charge < -0.3 is 0 Å². The van der Waals surface area contributed by atoms with Crippen molar-refractivity contribution in [2.75, 3.05) is 5.75 Å². The van der Waals surface area contributed by atoms with Gasteiger partial charge in [-0.15, -0.1) is 0 Å². The Morgan fingerprint density at radius 1 is 1.45 bits per heavy atom. The minimum Gasteiger partial charge on any atom is -0.260 e. The molecule has 1 aliphatic heterocycles. The molecule has 0 amide bonds. The molecule has 1 nitrogen and oxygen atoms in total. The highest BCUT2D eigenvalue weighted by Crippen LogP contribution is 2.46. The lowest BCUT2D eigenvalue weighted by atomic mass is 10.2. The summed E-state index contributed by atoms with van der Waals surface area (Å²) in [6.07, 6.45) is 3.14. The summed E-state index contributed by atoms with van der Waals surface area (Å²) in [5.41, 5.74) is 1.24. The fourth-order valence-electron chi connectivity index (χ4n) is 1.10. The normalized spacial score (nSPS) is 23.8. The van der Waals surface area contributed by atoms with Crippen molar-refractivity contribution in [3.05, 3.63) is 30.1 Å². The first-order chi connectivity index (χ1) is 5.47. The second-order valence-corrected chi connectivity index (χ2v) is 5.14. The van der Waals surface area contributed by atoms with E-state index in [0.29, 0.717) is 5.25 Å². The van der Waals surface area contributed by atoms with Gasteiger partial charge in [-0.2, -0.15) is 0 Å². The lowest BCUT2D eigenvalue weighted by Crippen LogP contribution is -1.91. The molecule has 0 radical (unpaired) electrons. The molecule has 3 heteroatoms. The molecule has 0 saturated carbocycles. The predicted octanol–water partition coefficient (Wildman–Crippen LogP) is 2.91. The van der Waals surface area contributed by atoms with E-state index in [9.17, 15) is 0 Å². The van der Waals surface area contributed by atoms with Gasteiger partial charge >= 0.3 is 0 Å². The number of nitrogens with zero attached hydrogens (tertiary/aromatic N) is 1. The fraction of sp³-hybridized carbons (Fsp3) is 0.375. The molecule has 0 aromatic carbocycles. The van der Waals surface area contributed by atoms with E-state index in [0.717, 1.165) is 0 Å². The van der Waals surface area contributed by atoms with E-state index in [2.05, 4.69) is 17.1 Å². The van der Waals surface area contributed by atoms with Gasteiger partial charge in [-0.25, -0.2) is 0 Å². The number of aromatic nitrogens is 1. The van der Waals surface area contributed by atoms with Crippen molar-refractivity contribution in [1.82, 2.24) is 4.98 Å². The highest BCUT2D eigenvalue weighted by Gasteiger charge is 2.18. The summed E-state index contributed by atoms with van der Waals surface area (Å²) in [7, 11) is 3.90. The topological polar surface area (TPSA) is 12.9 Å². The first-order valence-corrected chi connectivity index (χ1v) is 6.04. The first kappa shape index (κ1) is 7.50. The highest BCUT2D eigenvalue weighted by molar-refractivity contribution is 8.77. The number of hydrogen-bond donors (Lipinski definition) is 0. The van der Waals surface area contributed by atoms with Gasteiger partial charge in [-0.1, -0.05) is 27.7 Å². The summed E-state index contributed by atoms with van der Waals surface area (Å²) in [6.45, 7) is 0. The van der Waals surface area contributed by atoms with Crippen molar-refractivity contribution in [2.45, 2.75) is 11.7 Å². The molecule has 1 atom stereocenters.